The van der Waals surface area contributed by atoms with Crippen molar-refractivity contribution in [3.8, 4) is 17.6 Å². The van der Waals surface area contributed by atoms with Crippen LogP contribution < -0.4 is 24.4 Å². The molecule has 1 atom stereocenters. The summed E-state index contributed by atoms with van der Waals surface area (Å²) >= 11 is 5.60. The molecule has 0 unspecified atom stereocenters. The van der Waals surface area contributed by atoms with Crippen molar-refractivity contribution >= 4 is 74.3 Å². The molecule has 1 aliphatic heterocycles. The Bertz CT molecular complexity index is 1930. The third-order valence-electron chi connectivity index (χ3n) is 6.49. The van der Waals surface area contributed by atoms with Crippen LogP contribution >= 0.6 is 56.5 Å². The summed E-state index contributed by atoms with van der Waals surface area (Å²) in [6.45, 7) is 4.21. The van der Waals surface area contributed by atoms with Crippen molar-refractivity contribution in [2.45, 2.75) is 19.9 Å². The van der Waals surface area contributed by atoms with Gasteiger partial charge >= 0.3 is 5.97 Å². The molecular weight excluding hydrogens is 792 g/mol. The molecule has 11 heteroatoms. The molecule has 4 aromatic rings. The number of aromatic nitrogens is 1. The number of nitriles is 1. The summed E-state index contributed by atoms with van der Waals surface area (Å²) in [7, 11) is 0. The molecule has 0 radical (unpaired) electrons. The first-order valence-electron chi connectivity index (χ1n) is 13.4. The molecule has 0 aliphatic carbocycles. The Morgan fingerprint density at radius 3 is 2.49 bits per heavy atom. The summed E-state index contributed by atoms with van der Waals surface area (Å²) in [6, 6.07) is 21.8. The average molecular weight is 817 g/mol. The normalized spacial score (nSPS) is 14.5. The molecule has 0 fully saturated rings. The second-order valence-corrected chi connectivity index (χ2v) is 12.6. The van der Waals surface area contributed by atoms with E-state index < -0.39 is 12.0 Å². The number of thiazole rings is 1. The zero-order valence-corrected chi connectivity index (χ0v) is 28.3. The van der Waals surface area contributed by atoms with Gasteiger partial charge in [0.05, 0.1) is 38.6 Å². The maximum atomic E-state index is 14.2. The number of carbonyl (C=O) groups is 1. The maximum Gasteiger partial charge on any atom is 0.338 e. The van der Waals surface area contributed by atoms with Gasteiger partial charge in [0.1, 0.15) is 17.6 Å². The number of fused-ring (bicyclic) bond motifs is 1. The van der Waals surface area contributed by atoms with Crippen LogP contribution in [0.2, 0.25) is 0 Å². The van der Waals surface area contributed by atoms with Crippen LogP contribution in [0.15, 0.2) is 82.1 Å². The summed E-state index contributed by atoms with van der Waals surface area (Å²) in [5.41, 5.74) is 2.53. The van der Waals surface area contributed by atoms with Crippen LogP contribution in [-0.4, -0.2) is 30.4 Å². The van der Waals surface area contributed by atoms with Gasteiger partial charge in [0.2, 0.25) is 0 Å². The van der Waals surface area contributed by atoms with Gasteiger partial charge in [-0.25, -0.2) is 9.79 Å². The third-order valence-corrected chi connectivity index (χ3v) is 8.89. The second-order valence-electron chi connectivity index (χ2n) is 9.19. The molecule has 2 heterocycles. The van der Waals surface area contributed by atoms with E-state index in [1.165, 1.54) is 11.3 Å². The van der Waals surface area contributed by atoms with Crippen molar-refractivity contribution in [3.05, 3.63) is 116 Å². The number of carbonyl (C=O) groups excluding carboxylic acids is 1. The Balaban J connectivity index is 1.80. The molecular formula is C32H25I2N3O5S. The molecule has 1 aromatic heterocycles. The number of esters is 1. The SMILES string of the molecule is CCOC(=O)C1=C(c2ccccc2)N=c2s/c(=C\c3cc(I)cc(I)c3OCC#N)c(=O)n2[C@@H]1c1ccc(OCC)cc1. The summed E-state index contributed by atoms with van der Waals surface area (Å²) in [5.74, 6) is 0.660. The lowest BCUT2D eigenvalue weighted by molar-refractivity contribution is -0.138. The standard InChI is InChI=1S/C32H25I2N3O5S/c1-3-40-23-12-10-20(11-13-23)28-26(31(39)41-4-2)27(19-8-6-5-7-9-19)36-32-37(28)30(38)25(43-32)17-21-16-22(33)18-24(34)29(21)42-15-14-35/h5-13,16-18,28H,3-4,15H2,1-2H3/b25-17-/t28-/m1/s1. The van der Waals surface area contributed by atoms with E-state index in [0.717, 1.165) is 12.7 Å². The molecule has 5 rings (SSSR count). The molecule has 0 saturated heterocycles. The van der Waals surface area contributed by atoms with Crippen molar-refractivity contribution in [1.82, 2.24) is 4.57 Å². The number of rotatable bonds is 9. The lowest BCUT2D eigenvalue weighted by Gasteiger charge is -2.26. The van der Waals surface area contributed by atoms with Crippen molar-refractivity contribution in [3.63, 3.8) is 0 Å². The van der Waals surface area contributed by atoms with Crippen LogP contribution in [0.1, 0.15) is 36.6 Å². The highest BCUT2D eigenvalue weighted by Gasteiger charge is 2.35. The molecule has 3 aromatic carbocycles. The van der Waals surface area contributed by atoms with Crippen molar-refractivity contribution in [1.29, 1.82) is 5.26 Å². The first-order chi connectivity index (χ1) is 20.9. The Labute approximate surface area is 279 Å². The first-order valence-corrected chi connectivity index (χ1v) is 16.3. The van der Waals surface area contributed by atoms with E-state index in [1.54, 1.807) is 17.6 Å². The minimum absolute atomic E-state index is 0.125. The van der Waals surface area contributed by atoms with E-state index in [1.807, 2.05) is 79.7 Å². The minimum atomic E-state index is -0.798. The molecule has 8 nitrogen and oxygen atoms in total. The van der Waals surface area contributed by atoms with E-state index >= 15 is 0 Å². The molecule has 0 saturated carbocycles. The number of hydrogen-bond donors (Lipinski definition) is 0. The summed E-state index contributed by atoms with van der Waals surface area (Å²) in [4.78, 5) is 33.2. The van der Waals surface area contributed by atoms with Crippen molar-refractivity contribution in [2.24, 2.45) is 4.99 Å². The van der Waals surface area contributed by atoms with Crippen molar-refractivity contribution in [2.75, 3.05) is 19.8 Å². The topological polar surface area (TPSA) is 103 Å². The highest BCUT2D eigenvalue weighted by Crippen LogP contribution is 2.36. The summed E-state index contributed by atoms with van der Waals surface area (Å²) in [6.07, 6.45) is 1.76. The van der Waals surface area contributed by atoms with Crippen LogP contribution in [0.4, 0.5) is 0 Å². The van der Waals surface area contributed by atoms with Crippen LogP contribution in [0.3, 0.4) is 0 Å². The average Bonchev–Trinajstić information content (AvgIpc) is 3.31. The monoisotopic (exact) mass is 817 g/mol. The molecule has 0 amide bonds. The quantitative estimate of drug-likeness (QED) is 0.165. The van der Waals surface area contributed by atoms with Crippen LogP contribution in [0.5, 0.6) is 11.5 Å². The van der Waals surface area contributed by atoms with Gasteiger partial charge in [-0.2, -0.15) is 5.26 Å². The number of hydrogen-bond acceptors (Lipinski definition) is 8. The van der Waals surface area contributed by atoms with E-state index in [2.05, 4.69) is 45.2 Å². The van der Waals surface area contributed by atoms with Gasteiger partial charge in [0, 0.05) is 14.7 Å². The van der Waals surface area contributed by atoms with Crippen LogP contribution in [-0.2, 0) is 9.53 Å². The largest absolute Gasteiger partial charge is 0.494 e. The Morgan fingerprint density at radius 1 is 1.07 bits per heavy atom. The zero-order valence-electron chi connectivity index (χ0n) is 23.2. The Hall–Kier alpha value is -3.48. The Kier molecular flexibility index (Phi) is 9.99. The fourth-order valence-electron chi connectivity index (χ4n) is 4.75. The lowest BCUT2D eigenvalue weighted by Crippen LogP contribution is -2.40. The fraction of sp³-hybridized carbons (Fsp3) is 0.188. The Morgan fingerprint density at radius 2 is 1.81 bits per heavy atom. The van der Waals surface area contributed by atoms with Gasteiger partial charge in [-0.15, -0.1) is 0 Å². The number of nitrogens with zero attached hydrogens (tertiary/aromatic N) is 3. The van der Waals surface area contributed by atoms with Gasteiger partial charge < -0.3 is 14.2 Å². The van der Waals surface area contributed by atoms with Gasteiger partial charge in [-0.1, -0.05) is 53.8 Å². The predicted molar refractivity (Wildman–Crippen MR) is 182 cm³/mol. The molecule has 218 valence electrons. The van der Waals surface area contributed by atoms with Crippen LogP contribution in [0.25, 0.3) is 11.8 Å². The van der Waals surface area contributed by atoms with E-state index in [-0.39, 0.29) is 24.3 Å². The van der Waals surface area contributed by atoms with Gasteiger partial charge in [-0.3, -0.25) is 9.36 Å². The van der Waals surface area contributed by atoms with Crippen molar-refractivity contribution < 1.29 is 19.0 Å². The third kappa shape index (κ3) is 6.56. The van der Waals surface area contributed by atoms with Gasteiger partial charge in [0.25, 0.3) is 5.56 Å². The summed E-state index contributed by atoms with van der Waals surface area (Å²) in [5, 5.41) is 9.12. The fourth-order valence-corrected chi connectivity index (χ4v) is 7.79. The first kappa shape index (κ1) is 31.0. The second kappa shape index (κ2) is 13.9. The summed E-state index contributed by atoms with van der Waals surface area (Å²) < 4.78 is 20.7. The van der Waals surface area contributed by atoms with Gasteiger partial charge in [-0.05, 0) is 94.9 Å². The minimum Gasteiger partial charge on any atom is -0.494 e. The molecule has 1 aliphatic rings. The lowest BCUT2D eigenvalue weighted by atomic mass is 9.93. The number of benzene rings is 3. The predicted octanol–water partition coefficient (Wildman–Crippen LogP) is 5.45. The number of ether oxygens (including phenoxy) is 3. The maximum absolute atomic E-state index is 14.2. The molecule has 43 heavy (non-hydrogen) atoms. The van der Waals surface area contributed by atoms with E-state index in [9.17, 15) is 9.59 Å². The molecule has 0 bridgehead atoms. The molecule has 0 N–H and O–H groups in total. The highest BCUT2D eigenvalue weighted by molar-refractivity contribution is 14.1. The zero-order chi connectivity index (χ0) is 30.5. The van der Waals surface area contributed by atoms with E-state index in [0.29, 0.717) is 44.3 Å². The highest BCUT2D eigenvalue weighted by atomic mass is 127. The smallest absolute Gasteiger partial charge is 0.338 e. The number of halogens is 2. The molecule has 0 spiro atoms. The van der Waals surface area contributed by atoms with Crippen LogP contribution in [0, 0.1) is 18.5 Å². The van der Waals surface area contributed by atoms with Gasteiger partial charge in [0.15, 0.2) is 11.4 Å². The van der Waals surface area contributed by atoms with E-state index in [4.69, 9.17) is 24.5 Å².